The molecule has 0 fully saturated rings. The first-order valence-electron chi connectivity index (χ1n) is 6.40. The van der Waals surface area contributed by atoms with E-state index in [1.165, 1.54) is 0 Å². The van der Waals surface area contributed by atoms with Crippen LogP contribution in [0.4, 0.5) is 0 Å². The predicted molar refractivity (Wildman–Crippen MR) is 83.2 cm³/mol. The van der Waals surface area contributed by atoms with Crippen LogP contribution in [0.2, 0.25) is 19.6 Å². The van der Waals surface area contributed by atoms with Crippen LogP contribution in [0.1, 0.15) is 12.5 Å². The Morgan fingerprint density at radius 1 is 1.26 bits per heavy atom. The maximum atomic E-state index is 11.7. The lowest BCUT2D eigenvalue weighted by Crippen LogP contribution is -2.20. The number of rotatable bonds is 3. The van der Waals surface area contributed by atoms with Gasteiger partial charge in [-0.2, -0.15) is 0 Å². The third-order valence-electron chi connectivity index (χ3n) is 2.29. The summed E-state index contributed by atoms with van der Waals surface area (Å²) in [5.74, 6) is 2.97. The van der Waals surface area contributed by atoms with Crippen molar-refractivity contribution in [3.8, 4) is 11.5 Å². The number of carbonyl (C=O) groups is 1. The van der Waals surface area contributed by atoms with E-state index in [9.17, 15) is 4.79 Å². The minimum atomic E-state index is -1.38. The number of benzene rings is 1. The molecule has 1 N–H and O–H groups in total. The number of carbonyl (C=O) groups excluding carboxylic acids is 1. The average molecular weight is 271 g/mol. The van der Waals surface area contributed by atoms with E-state index in [1.807, 2.05) is 37.3 Å². The van der Waals surface area contributed by atoms with E-state index in [0.29, 0.717) is 6.54 Å². The average Bonchev–Trinajstić information content (AvgIpc) is 2.34. The number of amides is 1. The summed E-state index contributed by atoms with van der Waals surface area (Å²) in [7, 11) is -1.38. The molecule has 0 aliphatic rings. The van der Waals surface area contributed by atoms with Crippen LogP contribution in [-0.2, 0) is 11.3 Å². The first kappa shape index (κ1) is 15.3. The highest BCUT2D eigenvalue weighted by atomic mass is 28.3. The van der Waals surface area contributed by atoms with Crippen molar-refractivity contribution in [2.75, 3.05) is 0 Å². The monoisotopic (exact) mass is 271 g/mol. The van der Waals surface area contributed by atoms with Gasteiger partial charge in [0.05, 0.1) is 0 Å². The number of hydrogen-bond donors (Lipinski definition) is 1. The van der Waals surface area contributed by atoms with Gasteiger partial charge < -0.3 is 5.32 Å². The lowest BCUT2D eigenvalue weighted by Gasteiger charge is -2.04. The van der Waals surface area contributed by atoms with Gasteiger partial charge in [-0.15, -0.1) is 5.54 Å². The molecule has 1 amide bonds. The number of nitrogens with one attached hydrogen (secondary N) is 1. The van der Waals surface area contributed by atoms with E-state index >= 15 is 0 Å². The molecule has 0 spiro atoms. The fourth-order valence-corrected chi connectivity index (χ4v) is 1.93. The molecule has 100 valence electrons. The highest BCUT2D eigenvalue weighted by Gasteiger charge is 2.07. The van der Waals surface area contributed by atoms with Crippen LogP contribution in [-0.4, -0.2) is 14.0 Å². The summed E-state index contributed by atoms with van der Waals surface area (Å²) in [6.07, 6.45) is 1.57. The van der Waals surface area contributed by atoms with Gasteiger partial charge in [0, 0.05) is 18.2 Å². The molecule has 0 unspecified atom stereocenters. The zero-order valence-corrected chi connectivity index (χ0v) is 13.1. The maximum absolute atomic E-state index is 11.7. The smallest absolute Gasteiger partial charge is 0.245 e. The highest BCUT2D eigenvalue weighted by molar-refractivity contribution is 6.83. The van der Waals surface area contributed by atoms with Crippen LogP contribution in [0.25, 0.3) is 0 Å². The summed E-state index contributed by atoms with van der Waals surface area (Å²) in [5, 5.41) is 2.86. The van der Waals surface area contributed by atoms with Gasteiger partial charge in [0.15, 0.2) is 0 Å². The van der Waals surface area contributed by atoms with Gasteiger partial charge in [0.2, 0.25) is 5.91 Å². The van der Waals surface area contributed by atoms with E-state index < -0.39 is 8.07 Å². The van der Waals surface area contributed by atoms with Gasteiger partial charge >= 0.3 is 0 Å². The van der Waals surface area contributed by atoms with Crippen molar-refractivity contribution in [3.63, 3.8) is 0 Å². The topological polar surface area (TPSA) is 29.1 Å². The Balaban J connectivity index is 2.52. The summed E-state index contributed by atoms with van der Waals surface area (Å²) in [4.78, 5) is 11.7. The van der Waals surface area contributed by atoms with E-state index in [0.717, 1.165) is 11.1 Å². The second kappa shape index (κ2) is 6.96. The molecule has 1 aromatic carbocycles. The Bertz CT molecular complexity index is 515. The van der Waals surface area contributed by atoms with Gasteiger partial charge in [-0.25, -0.2) is 0 Å². The van der Waals surface area contributed by atoms with Crippen LogP contribution in [0, 0.1) is 11.5 Å². The largest absolute Gasteiger partial charge is 0.348 e. The third-order valence-corrected chi connectivity index (χ3v) is 3.17. The molecule has 19 heavy (non-hydrogen) atoms. The molecule has 0 aliphatic heterocycles. The van der Waals surface area contributed by atoms with Crippen molar-refractivity contribution in [2.24, 2.45) is 0 Å². The molecule has 2 nitrogen and oxygen atoms in total. The molecule has 1 rings (SSSR count). The van der Waals surface area contributed by atoms with Gasteiger partial charge in [0.25, 0.3) is 0 Å². The molecule has 0 heterocycles. The van der Waals surface area contributed by atoms with E-state index in [4.69, 9.17) is 0 Å². The van der Waals surface area contributed by atoms with Crippen LogP contribution in [0.3, 0.4) is 0 Å². The Morgan fingerprint density at radius 2 is 1.89 bits per heavy atom. The van der Waals surface area contributed by atoms with Crippen molar-refractivity contribution in [1.29, 1.82) is 0 Å². The fourth-order valence-electron chi connectivity index (χ4n) is 1.35. The minimum absolute atomic E-state index is 0.0915. The summed E-state index contributed by atoms with van der Waals surface area (Å²) in [6.45, 7) is 8.97. The normalized spacial score (nSPS) is 11.5. The number of allylic oxidation sites excluding steroid dienone is 1. The van der Waals surface area contributed by atoms with Gasteiger partial charge in [0.1, 0.15) is 8.07 Å². The Kier molecular flexibility index (Phi) is 5.59. The molecule has 0 bridgehead atoms. The fraction of sp³-hybridized carbons (Fsp3) is 0.312. The standard InChI is InChI=1S/C16H21NOSi/c1-14(10-11-19(2,3)4)12-16(18)17-13-15-8-6-5-7-9-15/h5-9,12H,13H2,1-4H3,(H,17,18)/b14-12+. The summed E-state index contributed by atoms with van der Waals surface area (Å²) in [6, 6.07) is 9.86. The molecule has 0 saturated heterocycles. The SMILES string of the molecule is C/C(C#C[Si](C)(C)C)=C\C(=O)NCc1ccccc1. The van der Waals surface area contributed by atoms with Crippen LogP contribution in [0.5, 0.6) is 0 Å². The van der Waals surface area contributed by atoms with E-state index in [2.05, 4.69) is 36.4 Å². The first-order valence-corrected chi connectivity index (χ1v) is 9.90. The molecular formula is C16H21NOSi. The van der Waals surface area contributed by atoms with E-state index in [-0.39, 0.29) is 5.91 Å². The maximum Gasteiger partial charge on any atom is 0.245 e. The molecule has 0 aromatic heterocycles. The number of hydrogen-bond acceptors (Lipinski definition) is 1. The van der Waals surface area contributed by atoms with Crippen molar-refractivity contribution in [3.05, 3.63) is 47.5 Å². The zero-order valence-electron chi connectivity index (χ0n) is 12.1. The predicted octanol–water partition coefficient (Wildman–Crippen LogP) is 3.13. The Hall–Kier alpha value is -1.79. The summed E-state index contributed by atoms with van der Waals surface area (Å²) < 4.78 is 0. The summed E-state index contributed by atoms with van der Waals surface area (Å²) >= 11 is 0. The third kappa shape index (κ3) is 7.27. The van der Waals surface area contributed by atoms with Crippen molar-refractivity contribution in [1.82, 2.24) is 5.32 Å². The molecule has 0 aliphatic carbocycles. The van der Waals surface area contributed by atoms with Gasteiger partial charge in [-0.1, -0.05) is 55.9 Å². The van der Waals surface area contributed by atoms with Crippen LogP contribution in [0.15, 0.2) is 42.0 Å². The molecule has 0 atom stereocenters. The molecule has 3 heteroatoms. The molecular weight excluding hydrogens is 250 g/mol. The van der Waals surface area contributed by atoms with Crippen molar-refractivity contribution < 1.29 is 4.79 Å². The lowest BCUT2D eigenvalue weighted by molar-refractivity contribution is -0.116. The zero-order chi connectivity index (χ0) is 14.3. The van der Waals surface area contributed by atoms with Crippen LogP contribution < -0.4 is 5.32 Å². The molecule has 0 saturated carbocycles. The second-order valence-electron chi connectivity index (χ2n) is 5.53. The van der Waals surface area contributed by atoms with Crippen LogP contribution >= 0.6 is 0 Å². The highest BCUT2D eigenvalue weighted by Crippen LogP contribution is 1.99. The quantitative estimate of drug-likeness (QED) is 0.511. The van der Waals surface area contributed by atoms with Gasteiger partial charge in [-0.3, -0.25) is 4.79 Å². The lowest BCUT2D eigenvalue weighted by atomic mass is 10.2. The Labute approximate surface area is 116 Å². The molecule has 1 aromatic rings. The Morgan fingerprint density at radius 3 is 2.47 bits per heavy atom. The second-order valence-corrected chi connectivity index (χ2v) is 10.3. The minimum Gasteiger partial charge on any atom is -0.348 e. The van der Waals surface area contributed by atoms with Crippen molar-refractivity contribution in [2.45, 2.75) is 33.1 Å². The molecule has 0 radical (unpaired) electrons. The van der Waals surface area contributed by atoms with E-state index in [1.54, 1.807) is 6.08 Å². The van der Waals surface area contributed by atoms with Gasteiger partial charge in [-0.05, 0) is 12.5 Å². The first-order chi connectivity index (χ1) is 8.87. The summed E-state index contributed by atoms with van der Waals surface area (Å²) in [5.41, 5.74) is 5.15. The van der Waals surface area contributed by atoms with Crippen molar-refractivity contribution >= 4 is 14.0 Å².